The minimum Gasteiger partial charge on any atom is -0.355 e. The van der Waals surface area contributed by atoms with Crippen LogP contribution in [-0.2, 0) is 4.79 Å². The molecule has 1 aromatic heterocycles. The maximum Gasteiger partial charge on any atom is 0.224 e. The van der Waals surface area contributed by atoms with Gasteiger partial charge >= 0.3 is 0 Å². The van der Waals surface area contributed by atoms with Crippen molar-refractivity contribution in [1.82, 2.24) is 4.98 Å². The zero-order chi connectivity index (χ0) is 16.7. The molecule has 0 saturated carbocycles. The monoisotopic (exact) mass is 337 g/mol. The smallest absolute Gasteiger partial charge is 0.224 e. The van der Waals surface area contributed by atoms with Crippen molar-refractivity contribution in [3.63, 3.8) is 0 Å². The first-order valence-electron chi connectivity index (χ1n) is 8.14. The first-order chi connectivity index (χ1) is 11.6. The van der Waals surface area contributed by atoms with Crippen LogP contribution in [-0.4, -0.2) is 16.9 Å². The molecule has 0 saturated heterocycles. The molecule has 1 N–H and O–H groups in total. The molecule has 1 aliphatic rings. The maximum atomic E-state index is 12.0. The van der Waals surface area contributed by atoms with Gasteiger partial charge in [-0.1, -0.05) is 41.7 Å². The fourth-order valence-electron chi connectivity index (χ4n) is 3.51. The maximum absolute atomic E-state index is 12.0. The van der Waals surface area contributed by atoms with Crippen molar-refractivity contribution in [2.24, 2.45) is 0 Å². The average molecular weight is 337 g/mol. The first kappa shape index (κ1) is 15.1. The lowest BCUT2D eigenvalue weighted by atomic mass is 9.92. The standard InChI is InChI=1S/C19H19N3OS/c1-12-11-16(14-7-3-5-9-17(14)22(12)13(2)23)21-19-20-15-8-4-6-10-18(15)24-19/h3-10,12,16H,11H2,1-2H3,(H,20,21)/t12-,16+/m0/s1. The number of thiazole rings is 1. The highest BCUT2D eigenvalue weighted by molar-refractivity contribution is 7.22. The molecule has 0 fully saturated rings. The minimum absolute atomic E-state index is 0.0911. The molecule has 0 bridgehead atoms. The molecular formula is C19H19N3OS. The highest BCUT2D eigenvalue weighted by atomic mass is 32.1. The van der Waals surface area contributed by atoms with Gasteiger partial charge in [-0.05, 0) is 37.1 Å². The normalized spacial score (nSPS) is 20.0. The van der Waals surface area contributed by atoms with Crippen LogP contribution >= 0.6 is 11.3 Å². The quantitative estimate of drug-likeness (QED) is 0.743. The zero-order valence-electron chi connectivity index (χ0n) is 13.7. The van der Waals surface area contributed by atoms with Crippen molar-refractivity contribution in [2.75, 3.05) is 10.2 Å². The van der Waals surface area contributed by atoms with Crippen molar-refractivity contribution in [3.8, 4) is 0 Å². The van der Waals surface area contributed by atoms with E-state index < -0.39 is 0 Å². The number of para-hydroxylation sites is 2. The Bertz CT molecular complexity index is 871. The summed E-state index contributed by atoms with van der Waals surface area (Å²) in [5.41, 5.74) is 3.18. The number of carbonyl (C=O) groups excluding carboxylic acids is 1. The highest BCUT2D eigenvalue weighted by Crippen LogP contribution is 2.39. The molecule has 1 aliphatic heterocycles. The van der Waals surface area contributed by atoms with E-state index in [0.29, 0.717) is 0 Å². The summed E-state index contributed by atoms with van der Waals surface area (Å²) in [6.45, 7) is 3.74. The van der Waals surface area contributed by atoms with Crippen LogP contribution in [0.15, 0.2) is 48.5 Å². The Morgan fingerprint density at radius 2 is 1.96 bits per heavy atom. The topological polar surface area (TPSA) is 45.2 Å². The number of rotatable bonds is 2. The van der Waals surface area contributed by atoms with Gasteiger partial charge in [-0.15, -0.1) is 0 Å². The number of fused-ring (bicyclic) bond motifs is 2. The van der Waals surface area contributed by atoms with Gasteiger partial charge in [-0.25, -0.2) is 4.98 Å². The number of hydrogen-bond donors (Lipinski definition) is 1. The minimum atomic E-state index is 0.0911. The second-order valence-electron chi connectivity index (χ2n) is 6.22. The van der Waals surface area contributed by atoms with Crippen LogP contribution in [0, 0.1) is 0 Å². The Morgan fingerprint density at radius 1 is 1.21 bits per heavy atom. The number of aromatic nitrogens is 1. The molecule has 0 aliphatic carbocycles. The molecule has 122 valence electrons. The van der Waals surface area contributed by atoms with E-state index in [0.717, 1.165) is 28.3 Å². The molecule has 4 rings (SSSR count). The van der Waals surface area contributed by atoms with E-state index >= 15 is 0 Å². The lowest BCUT2D eigenvalue weighted by molar-refractivity contribution is -0.117. The van der Waals surface area contributed by atoms with Gasteiger partial charge in [0.15, 0.2) is 5.13 Å². The summed E-state index contributed by atoms with van der Waals surface area (Å²) >= 11 is 1.67. The van der Waals surface area contributed by atoms with Gasteiger partial charge in [0, 0.05) is 18.7 Å². The van der Waals surface area contributed by atoms with Gasteiger partial charge in [0.1, 0.15) is 0 Å². The summed E-state index contributed by atoms with van der Waals surface area (Å²) in [6, 6.07) is 16.6. The number of nitrogens with one attached hydrogen (secondary N) is 1. The van der Waals surface area contributed by atoms with Gasteiger partial charge in [-0.2, -0.15) is 0 Å². The van der Waals surface area contributed by atoms with E-state index in [1.165, 1.54) is 4.70 Å². The number of amides is 1. The molecule has 0 spiro atoms. The Kier molecular flexibility index (Phi) is 3.73. The van der Waals surface area contributed by atoms with E-state index in [1.807, 2.05) is 41.3 Å². The molecule has 0 radical (unpaired) electrons. The molecule has 2 aromatic carbocycles. The predicted molar refractivity (Wildman–Crippen MR) is 99.7 cm³/mol. The predicted octanol–water partition coefficient (Wildman–Crippen LogP) is 4.59. The molecule has 1 amide bonds. The van der Waals surface area contributed by atoms with Gasteiger partial charge in [-0.3, -0.25) is 4.79 Å². The average Bonchev–Trinajstić information content (AvgIpc) is 2.96. The number of anilines is 2. The molecule has 5 heteroatoms. The second kappa shape index (κ2) is 5.91. The summed E-state index contributed by atoms with van der Waals surface area (Å²) in [5.74, 6) is 0.0911. The zero-order valence-corrected chi connectivity index (χ0v) is 14.5. The van der Waals surface area contributed by atoms with E-state index in [4.69, 9.17) is 0 Å². The van der Waals surface area contributed by atoms with Crippen LogP contribution in [0.4, 0.5) is 10.8 Å². The van der Waals surface area contributed by atoms with Crippen molar-refractivity contribution >= 4 is 38.3 Å². The summed E-state index contributed by atoms with van der Waals surface area (Å²) in [4.78, 5) is 18.6. The first-order valence-corrected chi connectivity index (χ1v) is 8.96. The van der Waals surface area contributed by atoms with Crippen LogP contribution in [0.25, 0.3) is 10.2 Å². The van der Waals surface area contributed by atoms with Crippen molar-refractivity contribution < 1.29 is 4.79 Å². The summed E-state index contributed by atoms with van der Waals surface area (Å²) in [6.07, 6.45) is 0.868. The van der Waals surface area contributed by atoms with Gasteiger partial charge in [0.05, 0.1) is 16.3 Å². The second-order valence-corrected chi connectivity index (χ2v) is 7.25. The molecule has 0 unspecified atom stereocenters. The van der Waals surface area contributed by atoms with E-state index in [-0.39, 0.29) is 18.0 Å². The summed E-state index contributed by atoms with van der Waals surface area (Å²) in [5, 5.41) is 4.52. The van der Waals surface area contributed by atoms with Gasteiger partial charge in [0.2, 0.25) is 5.91 Å². The third-order valence-electron chi connectivity index (χ3n) is 4.52. The number of hydrogen-bond acceptors (Lipinski definition) is 4. The highest BCUT2D eigenvalue weighted by Gasteiger charge is 2.32. The molecular weight excluding hydrogens is 318 g/mol. The van der Waals surface area contributed by atoms with Crippen LogP contribution in [0.2, 0.25) is 0 Å². The third-order valence-corrected chi connectivity index (χ3v) is 5.49. The van der Waals surface area contributed by atoms with Crippen molar-refractivity contribution in [2.45, 2.75) is 32.4 Å². The Hall–Kier alpha value is -2.40. The molecule has 24 heavy (non-hydrogen) atoms. The lowest BCUT2D eigenvalue weighted by Gasteiger charge is -2.39. The Morgan fingerprint density at radius 3 is 2.75 bits per heavy atom. The molecule has 2 heterocycles. The largest absolute Gasteiger partial charge is 0.355 e. The fraction of sp³-hybridized carbons (Fsp3) is 0.263. The van der Waals surface area contributed by atoms with Crippen LogP contribution in [0.5, 0.6) is 0 Å². The van der Waals surface area contributed by atoms with Gasteiger partial charge < -0.3 is 10.2 Å². The molecule has 4 nitrogen and oxygen atoms in total. The number of benzene rings is 2. The third kappa shape index (κ3) is 2.55. The SMILES string of the molecule is CC(=O)N1c2ccccc2[C@H](Nc2nc3ccccc3s2)C[C@@H]1C. The summed E-state index contributed by atoms with van der Waals surface area (Å²) in [7, 11) is 0. The molecule has 2 atom stereocenters. The fourth-order valence-corrected chi connectivity index (χ4v) is 4.43. The van der Waals surface area contributed by atoms with Crippen molar-refractivity contribution in [3.05, 3.63) is 54.1 Å². The Labute approximate surface area is 145 Å². The van der Waals surface area contributed by atoms with Crippen LogP contribution in [0.1, 0.15) is 31.9 Å². The van der Waals surface area contributed by atoms with Crippen molar-refractivity contribution in [1.29, 1.82) is 0 Å². The van der Waals surface area contributed by atoms with Crippen LogP contribution in [0.3, 0.4) is 0 Å². The van der Waals surface area contributed by atoms with Gasteiger partial charge in [0.25, 0.3) is 0 Å². The number of nitrogens with zero attached hydrogens (tertiary/aromatic N) is 2. The van der Waals surface area contributed by atoms with E-state index in [1.54, 1.807) is 18.3 Å². The Balaban J connectivity index is 1.70. The number of carbonyl (C=O) groups is 1. The van der Waals surface area contributed by atoms with Crippen LogP contribution < -0.4 is 10.2 Å². The summed E-state index contributed by atoms with van der Waals surface area (Å²) < 4.78 is 1.18. The molecule has 3 aromatic rings. The van der Waals surface area contributed by atoms with E-state index in [9.17, 15) is 4.79 Å². The lowest BCUT2D eigenvalue weighted by Crippen LogP contribution is -2.43. The van der Waals surface area contributed by atoms with E-state index in [2.05, 4.69) is 29.4 Å².